The van der Waals surface area contributed by atoms with E-state index in [1.807, 2.05) is 0 Å². The van der Waals surface area contributed by atoms with Gasteiger partial charge in [0.25, 0.3) is 5.56 Å². The molecule has 1 aromatic heterocycles. The summed E-state index contributed by atoms with van der Waals surface area (Å²) in [5.74, 6) is -2.45. The van der Waals surface area contributed by atoms with Crippen LogP contribution in [0.1, 0.15) is 0 Å². The second kappa shape index (κ2) is 6.99. The fourth-order valence-electron chi connectivity index (χ4n) is 1.84. The van der Waals surface area contributed by atoms with Crippen LogP contribution in [0.5, 0.6) is 0 Å². The summed E-state index contributed by atoms with van der Waals surface area (Å²) >= 11 is 0. The van der Waals surface area contributed by atoms with E-state index in [1.165, 1.54) is 22.9 Å². The number of sulfonamides is 1. The minimum absolute atomic E-state index is 0.111. The van der Waals surface area contributed by atoms with Gasteiger partial charge in [0.05, 0.1) is 17.5 Å². The first kappa shape index (κ1) is 17.3. The number of rotatable bonds is 6. The highest BCUT2D eigenvalue weighted by atomic mass is 32.2. The lowest BCUT2D eigenvalue weighted by Crippen LogP contribution is -2.36. The molecule has 1 atom stereocenters. The van der Waals surface area contributed by atoms with Gasteiger partial charge >= 0.3 is 0 Å². The summed E-state index contributed by atoms with van der Waals surface area (Å²) in [6.07, 6.45) is 0.283. The Kier molecular flexibility index (Phi) is 5.24. The average Bonchev–Trinajstić information content (AvgIpc) is 2.50. The third kappa shape index (κ3) is 4.44. The number of pyridine rings is 1. The molecule has 9 heteroatoms. The molecule has 0 radical (unpaired) electrons. The second-order valence-electron chi connectivity index (χ2n) is 4.77. The van der Waals surface area contributed by atoms with Gasteiger partial charge in [0.15, 0.2) is 11.6 Å². The lowest BCUT2D eigenvalue weighted by molar-refractivity contribution is 0.156. The Balaban J connectivity index is 2.02. The smallest absolute Gasteiger partial charge is 0.250 e. The molecule has 0 amide bonds. The molecule has 124 valence electrons. The molecule has 23 heavy (non-hydrogen) atoms. The van der Waals surface area contributed by atoms with Gasteiger partial charge in [-0.3, -0.25) is 4.79 Å². The van der Waals surface area contributed by atoms with Crippen molar-refractivity contribution in [2.45, 2.75) is 17.5 Å². The molecule has 0 spiro atoms. The van der Waals surface area contributed by atoms with E-state index >= 15 is 0 Å². The van der Waals surface area contributed by atoms with E-state index in [-0.39, 0.29) is 18.6 Å². The molecule has 2 N–H and O–H groups in total. The highest BCUT2D eigenvalue weighted by Crippen LogP contribution is 2.13. The van der Waals surface area contributed by atoms with Gasteiger partial charge in [-0.2, -0.15) is 0 Å². The van der Waals surface area contributed by atoms with Crippen LogP contribution in [0.4, 0.5) is 8.78 Å². The Morgan fingerprint density at radius 1 is 1.17 bits per heavy atom. The fraction of sp³-hybridized carbons (Fsp3) is 0.214. The Hall–Kier alpha value is -2.10. The summed E-state index contributed by atoms with van der Waals surface area (Å²) in [4.78, 5) is 11.0. The molecule has 0 saturated carbocycles. The number of nitrogens with zero attached hydrogens (tertiary/aromatic N) is 1. The molecule has 1 aromatic carbocycles. The fourth-order valence-corrected chi connectivity index (χ4v) is 2.92. The third-order valence-corrected chi connectivity index (χ3v) is 4.44. The van der Waals surface area contributed by atoms with Crippen molar-refractivity contribution < 1.29 is 22.3 Å². The number of benzene rings is 1. The minimum atomic E-state index is -4.10. The van der Waals surface area contributed by atoms with E-state index in [0.717, 1.165) is 6.07 Å². The van der Waals surface area contributed by atoms with E-state index in [1.54, 1.807) is 6.07 Å². The molecule has 2 rings (SSSR count). The van der Waals surface area contributed by atoms with E-state index in [9.17, 15) is 27.1 Å². The van der Waals surface area contributed by atoms with Gasteiger partial charge in [0.2, 0.25) is 10.0 Å². The van der Waals surface area contributed by atoms with Crippen molar-refractivity contribution in [2.24, 2.45) is 0 Å². The standard InChI is InChI=1S/C14H14F2N2O4S/c15-12-5-4-11(7-13(12)16)23(21,22)17-8-10(19)9-18-6-2-1-3-14(18)20/h1-7,10,17,19H,8-9H2. The molecule has 0 saturated heterocycles. The summed E-state index contributed by atoms with van der Waals surface area (Å²) < 4.78 is 53.1. The molecule has 1 heterocycles. The zero-order valence-corrected chi connectivity index (χ0v) is 12.6. The van der Waals surface area contributed by atoms with Crippen LogP contribution in [0.3, 0.4) is 0 Å². The zero-order chi connectivity index (χ0) is 17.0. The largest absolute Gasteiger partial charge is 0.390 e. The first-order valence-electron chi connectivity index (χ1n) is 6.58. The Labute approximate surface area is 131 Å². The van der Waals surface area contributed by atoms with E-state index in [2.05, 4.69) is 4.72 Å². The monoisotopic (exact) mass is 344 g/mol. The van der Waals surface area contributed by atoms with E-state index < -0.39 is 32.7 Å². The van der Waals surface area contributed by atoms with E-state index in [0.29, 0.717) is 12.1 Å². The molecule has 0 aliphatic heterocycles. The van der Waals surface area contributed by atoms with Crippen molar-refractivity contribution in [1.82, 2.24) is 9.29 Å². The van der Waals surface area contributed by atoms with Crippen molar-refractivity contribution in [3.05, 3.63) is 64.6 Å². The first-order valence-corrected chi connectivity index (χ1v) is 8.06. The SMILES string of the molecule is O=c1ccccn1CC(O)CNS(=O)(=O)c1ccc(F)c(F)c1. The maximum atomic E-state index is 13.1. The lowest BCUT2D eigenvalue weighted by Gasteiger charge is -2.13. The molecular weight excluding hydrogens is 330 g/mol. The third-order valence-electron chi connectivity index (χ3n) is 3.02. The van der Waals surface area contributed by atoms with Crippen molar-refractivity contribution in [1.29, 1.82) is 0 Å². The van der Waals surface area contributed by atoms with Gasteiger partial charge in [0, 0.05) is 18.8 Å². The number of hydrogen-bond acceptors (Lipinski definition) is 4. The normalized spacial score (nSPS) is 13.0. The van der Waals surface area contributed by atoms with Gasteiger partial charge in [-0.15, -0.1) is 0 Å². The predicted molar refractivity (Wildman–Crippen MR) is 78.3 cm³/mol. The van der Waals surface area contributed by atoms with Crippen LogP contribution in [0.2, 0.25) is 0 Å². The van der Waals surface area contributed by atoms with Crippen molar-refractivity contribution >= 4 is 10.0 Å². The maximum Gasteiger partial charge on any atom is 0.250 e. The molecule has 1 unspecified atom stereocenters. The van der Waals surface area contributed by atoms with Crippen LogP contribution in [0, 0.1) is 11.6 Å². The van der Waals surface area contributed by atoms with Crippen LogP contribution in [-0.2, 0) is 16.6 Å². The van der Waals surface area contributed by atoms with E-state index in [4.69, 9.17) is 0 Å². The molecule has 2 aromatic rings. The van der Waals surface area contributed by atoms with Crippen LogP contribution < -0.4 is 10.3 Å². The molecule has 0 aliphatic rings. The highest BCUT2D eigenvalue weighted by molar-refractivity contribution is 7.89. The molecular formula is C14H14F2N2O4S. The number of nitrogens with one attached hydrogen (secondary N) is 1. The van der Waals surface area contributed by atoms with Crippen molar-refractivity contribution in [2.75, 3.05) is 6.54 Å². The second-order valence-corrected chi connectivity index (χ2v) is 6.54. The summed E-state index contributed by atoms with van der Waals surface area (Å²) in [6, 6.07) is 6.60. The summed E-state index contributed by atoms with van der Waals surface area (Å²) in [5.41, 5.74) is -0.338. The van der Waals surface area contributed by atoms with Gasteiger partial charge in [-0.1, -0.05) is 6.07 Å². The number of aromatic nitrogens is 1. The molecule has 0 bridgehead atoms. The van der Waals surface area contributed by atoms with Crippen LogP contribution in [-0.4, -0.2) is 30.7 Å². The minimum Gasteiger partial charge on any atom is -0.390 e. The van der Waals surface area contributed by atoms with Gasteiger partial charge in [0.1, 0.15) is 0 Å². The van der Waals surface area contributed by atoms with Crippen LogP contribution >= 0.6 is 0 Å². The quantitative estimate of drug-likeness (QED) is 0.797. The molecule has 0 aliphatic carbocycles. The number of aliphatic hydroxyl groups excluding tert-OH is 1. The number of hydrogen-bond donors (Lipinski definition) is 2. The van der Waals surface area contributed by atoms with Gasteiger partial charge in [-0.25, -0.2) is 21.9 Å². The average molecular weight is 344 g/mol. The number of aliphatic hydroxyl groups is 1. The maximum absolute atomic E-state index is 13.1. The molecule has 0 fully saturated rings. The lowest BCUT2D eigenvalue weighted by atomic mass is 10.3. The Morgan fingerprint density at radius 2 is 1.91 bits per heavy atom. The van der Waals surface area contributed by atoms with Gasteiger partial charge < -0.3 is 9.67 Å². The zero-order valence-electron chi connectivity index (χ0n) is 11.8. The summed E-state index contributed by atoms with van der Waals surface area (Å²) in [5, 5.41) is 9.82. The van der Waals surface area contributed by atoms with Crippen molar-refractivity contribution in [3.63, 3.8) is 0 Å². The summed E-state index contributed by atoms with van der Waals surface area (Å²) in [7, 11) is -4.10. The topological polar surface area (TPSA) is 88.4 Å². The number of halogens is 2. The van der Waals surface area contributed by atoms with Crippen molar-refractivity contribution in [3.8, 4) is 0 Å². The Bertz CT molecular complexity index is 852. The predicted octanol–water partition coefficient (Wildman–Crippen LogP) is 0.466. The molecule has 6 nitrogen and oxygen atoms in total. The van der Waals surface area contributed by atoms with Crippen LogP contribution in [0.25, 0.3) is 0 Å². The highest BCUT2D eigenvalue weighted by Gasteiger charge is 2.18. The summed E-state index contributed by atoms with van der Waals surface area (Å²) in [6.45, 7) is -0.497. The van der Waals surface area contributed by atoms with Gasteiger partial charge in [-0.05, 0) is 24.3 Å². The Morgan fingerprint density at radius 3 is 2.57 bits per heavy atom. The first-order chi connectivity index (χ1) is 10.8. The van der Waals surface area contributed by atoms with Crippen LogP contribution in [0.15, 0.2) is 52.3 Å².